The molecule has 2 radical (unpaired) electrons. The normalized spacial score (nSPS) is 1.40. The fourth-order valence-corrected chi connectivity index (χ4v) is 0. The standard InChI is InChI=1S/Bi.Co.Fe.Sb.Sn.7H. The maximum absolute atomic E-state index is 3.69. The molecular weight excluding hydrogens is 564 g/mol. The Balaban J connectivity index is -0.00000000167. The van der Waals surface area contributed by atoms with Crippen LogP contribution in [0.4, 0.5) is 0 Å². The first-order valence-corrected chi connectivity index (χ1v) is 5.32. The van der Waals surface area contributed by atoms with Crippen molar-refractivity contribution in [3.8, 4) is 0 Å². The molecule has 0 N–H and O–H groups in total. The summed E-state index contributed by atoms with van der Waals surface area (Å²) in [6.45, 7) is 0. The van der Waals surface area contributed by atoms with E-state index in [0.29, 0.717) is 0 Å². The molecule has 0 atom stereocenters. The van der Waals surface area contributed by atoms with Crippen LogP contribution in [0.15, 0.2) is 0 Å². The van der Waals surface area contributed by atoms with Gasteiger partial charge in [0, 0.05) is 17.1 Å². The van der Waals surface area contributed by atoms with Crippen LogP contribution < -0.4 is 0 Å². The van der Waals surface area contributed by atoms with E-state index in [2.05, 4.69) is 12.4 Å². The summed E-state index contributed by atoms with van der Waals surface area (Å²) < 4.78 is 0. The van der Waals surface area contributed by atoms with Crippen molar-refractivity contribution in [1.29, 1.82) is 0 Å². The second-order valence-corrected chi connectivity index (χ2v) is 0. The van der Waals surface area contributed by atoms with Gasteiger partial charge in [-0.3, -0.25) is 0 Å². The molecule has 0 fully saturated rings. The van der Waals surface area contributed by atoms with E-state index in [9.17, 15) is 0 Å². The van der Waals surface area contributed by atoms with Crippen LogP contribution in [0.3, 0.4) is 0 Å². The fourth-order valence-electron chi connectivity index (χ4n) is 0. The molecule has 0 amide bonds. The second-order valence-electron chi connectivity index (χ2n) is 0. The zero-order chi connectivity index (χ0) is 2.00. The van der Waals surface area contributed by atoms with Crippen LogP contribution in [0.25, 0.3) is 0 Å². The average Bonchev–Trinajstić information content (AvgIpc) is 1.00. The summed E-state index contributed by atoms with van der Waals surface area (Å²) in [4.78, 5) is 0. The van der Waals surface area contributed by atoms with Gasteiger partial charge >= 0.3 is 83.4 Å². The average molecular weight is 571 g/mol. The predicted octanol–water partition coefficient (Wildman–Crippen LogP) is -3.02. The molecule has 0 saturated heterocycles. The molecule has 0 spiro atoms. The molecule has 0 rings (SSSR count). The van der Waals surface area contributed by atoms with E-state index in [1.54, 1.807) is 0 Å². The molecule has 0 aliphatic heterocycles. The van der Waals surface area contributed by atoms with Crippen molar-refractivity contribution in [2.75, 3.05) is 0 Å². The first-order valence-electron chi connectivity index (χ1n) is 0.192. The zero-order valence-corrected chi connectivity index (χ0v) is 17.7. The van der Waals surface area contributed by atoms with E-state index in [1.807, 2.05) is 0 Å². The molecule has 5 heteroatoms. The summed E-state index contributed by atoms with van der Waals surface area (Å²) >= 11 is 4.73. The van der Waals surface area contributed by atoms with Crippen molar-refractivity contribution in [2.24, 2.45) is 0 Å². The third kappa shape index (κ3) is 18.5. The van der Waals surface area contributed by atoms with Gasteiger partial charge in [-0.25, -0.2) is 0 Å². The van der Waals surface area contributed by atoms with Crippen molar-refractivity contribution < 1.29 is 29.5 Å². The van der Waals surface area contributed by atoms with Crippen LogP contribution in [0.1, 0.15) is 0 Å². The van der Waals surface area contributed by atoms with Gasteiger partial charge in [-0.15, -0.1) is 0 Å². The molecule has 0 unspecified atom stereocenters. The van der Waals surface area contributed by atoms with Crippen molar-refractivity contribution >= 4 is 70.9 Å². The van der Waals surface area contributed by atoms with Gasteiger partial charge in [-0.1, -0.05) is 0 Å². The fraction of sp³-hybridized carbons (Fsp3) is 0. The summed E-state index contributed by atoms with van der Waals surface area (Å²) in [7, 11) is 0. The summed E-state index contributed by atoms with van der Waals surface area (Å²) in [6, 6.07) is 0. The Morgan fingerprint density at radius 2 is 1.20 bits per heavy atom. The number of hydrogen-bond acceptors (Lipinski definition) is 0. The van der Waals surface area contributed by atoms with E-state index < -0.39 is 0 Å². The van der Waals surface area contributed by atoms with Gasteiger partial charge in [0.25, 0.3) is 0 Å². The van der Waals surface area contributed by atoms with Crippen LogP contribution in [-0.4, -0.2) is 70.9 Å². The molecule has 38 valence electrons. The van der Waals surface area contributed by atoms with Gasteiger partial charge in [0.1, 0.15) is 0 Å². The SMILES string of the molecule is [BiH3].[Co][SbH2].[Fe].[SnH2]. The van der Waals surface area contributed by atoms with Gasteiger partial charge < -0.3 is 0 Å². The molecule has 0 aliphatic rings. The van der Waals surface area contributed by atoms with E-state index >= 15 is 0 Å². The number of hydrogen-bond donors (Lipinski definition) is 0. The van der Waals surface area contributed by atoms with E-state index in [1.165, 1.54) is 0 Å². The van der Waals surface area contributed by atoms with Crippen molar-refractivity contribution in [2.45, 2.75) is 0 Å². The maximum atomic E-state index is 3.69. The molecule has 0 heterocycles. The summed E-state index contributed by atoms with van der Waals surface area (Å²) in [5.41, 5.74) is 0. The van der Waals surface area contributed by atoms with Crippen LogP contribution in [0.2, 0.25) is 0 Å². The Labute approximate surface area is 98.2 Å². The minimum atomic E-state index is 0. The molecule has 0 bridgehead atoms. The number of rotatable bonds is 0. The molecule has 0 aromatic heterocycles. The summed E-state index contributed by atoms with van der Waals surface area (Å²) in [5.74, 6) is 0. The molecule has 0 aromatic carbocycles. The monoisotopic (exact) mass is 572 g/mol. The van der Waals surface area contributed by atoms with E-state index in [0.717, 1.165) is 20.8 Å². The molecule has 0 aliphatic carbocycles. The summed E-state index contributed by atoms with van der Waals surface area (Å²) in [6.07, 6.45) is 0. The summed E-state index contributed by atoms with van der Waals surface area (Å²) in [5, 5.41) is 0. The van der Waals surface area contributed by atoms with Crippen LogP contribution >= 0.6 is 0 Å². The van der Waals surface area contributed by atoms with Gasteiger partial charge in [-0.2, -0.15) is 0 Å². The van der Waals surface area contributed by atoms with Gasteiger partial charge in [0.2, 0.25) is 0 Å². The van der Waals surface area contributed by atoms with E-state index in [4.69, 9.17) is 0 Å². The predicted molar refractivity (Wildman–Crippen MR) is 27.0 cm³/mol. The Hall–Kier alpha value is 3.53. The van der Waals surface area contributed by atoms with Gasteiger partial charge in [0.15, 0.2) is 0 Å². The van der Waals surface area contributed by atoms with Crippen LogP contribution in [0, 0.1) is 0 Å². The molecule has 5 heavy (non-hydrogen) atoms. The Morgan fingerprint density at radius 3 is 1.20 bits per heavy atom. The van der Waals surface area contributed by atoms with E-state index in [-0.39, 0.29) is 67.2 Å². The second kappa shape index (κ2) is 25.8. The van der Waals surface area contributed by atoms with Gasteiger partial charge in [0.05, 0.1) is 0 Å². The Bertz CT molecular complexity index is 11.6. The quantitative estimate of drug-likeness (QED) is 0.272. The zero-order valence-electron chi connectivity index (χ0n) is 2.68. The third-order valence-electron chi connectivity index (χ3n) is 0. The molecule has 0 saturated carbocycles. The van der Waals surface area contributed by atoms with Crippen LogP contribution in [0.5, 0.6) is 0 Å². The molecule has 0 aromatic rings. The van der Waals surface area contributed by atoms with Crippen LogP contribution in [-0.2, 0) is 29.5 Å². The van der Waals surface area contributed by atoms with Crippen molar-refractivity contribution in [3.05, 3.63) is 0 Å². The topological polar surface area (TPSA) is 0 Å². The Morgan fingerprint density at radius 1 is 1.20 bits per heavy atom. The molecular formula is H7BiCoFeSbSn. The Kier molecular flexibility index (Phi) is 122. The third-order valence-corrected chi connectivity index (χ3v) is 0. The van der Waals surface area contributed by atoms with Crippen molar-refractivity contribution in [3.63, 3.8) is 0 Å². The first kappa shape index (κ1) is 23.6. The first-order chi connectivity index (χ1) is 1.00. The van der Waals surface area contributed by atoms with Gasteiger partial charge in [-0.05, 0) is 0 Å². The minimum absolute atomic E-state index is 0. The molecule has 0 nitrogen and oxygen atoms in total. The van der Waals surface area contributed by atoms with Crippen molar-refractivity contribution in [1.82, 2.24) is 0 Å².